The van der Waals surface area contributed by atoms with E-state index < -0.39 is 0 Å². The maximum absolute atomic E-state index is 3.61. The largest absolute Gasteiger partial charge is 0.313 e. The molecule has 0 aromatic rings. The zero-order chi connectivity index (χ0) is 12.8. The molecule has 1 N–H and O–H groups in total. The average molecular weight is 240 g/mol. The van der Waals surface area contributed by atoms with Crippen molar-refractivity contribution in [3.63, 3.8) is 0 Å². The Bertz CT molecular complexity index is 201. The summed E-state index contributed by atoms with van der Waals surface area (Å²) < 4.78 is 0. The second-order valence-corrected chi connectivity index (χ2v) is 6.45. The molecule has 102 valence electrons. The SMILES string of the molecule is CC1CCCN(C(CNC(C)C)C(C)C)CC1. The van der Waals surface area contributed by atoms with Gasteiger partial charge in [0.1, 0.15) is 0 Å². The van der Waals surface area contributed by atoms with E-state index >= 15 is 0 Å². The Kier molecular flexibility index (Phi) is 6.50. The third-order valence-corrected chi connectivity index (χ3v) is 4.03. The molecule has 1 heterocycles. The van der Waals surface area contributed by atoms with Gasteiger partial charge in [-0.05, 0) is 44.2 Å². The van der Waals surface area contributed by atoms with Crippen LogP contribution in [0.4, 0.5) is 0 Å². The van der Waals surface area contributed by atoms with E-state index in [9.17, 15) is 0 Å². The molecule has 0 saturated carbocycles. The van der Waals surface area contributed by atoms with Crippen molar-refractivity contribution in [2.45, 2.75) is 66.0 Å². The molecule has 2 nitrogen and oxygen atoms in total. The molecule has 1 aliphatic rings. The predicted molar refractivity (Wildman–Crippen MR) is 76.4 cm³/mol. The summed E-state index contributed by atoms with van der Waals surface area (Å²) in [5, 5.41) is 3.61. The second kappa shape index (κ2) is 7.38. The van der Waals surface area contributed by atoms with E-state index in [0.29, 0.717) is 12.1 Å². The second-order valence-electron chi connectivity index (χ2n) is 6.45. The molecule has 17 heavy (non-hydrogen) atoms. The molecule has 2 unspecified atom stereocenters. The van der Waals surface area contributed by atoms with Gasteiger partial charge in [0.25, 0.3) is 0 Å². The first-order valence-corrected chi connectivity index (χ1v) is 7.48. The molecular weight excluding hydrogens is 208 g/mol. The van der Waals surface area contributed by atoms with Crippen LogP contribution in [0.1, 0.15) is 53.9 Å². The minimum Gasteiger partial charge on any atom is -0.313 e. The Balaban J connectivity index is 2.50. The molecule has 0 bridgehead atoms. The minimum absolute atomic E-state index is 0.599. The zero-order valence-corrected chi connectivity index (χ0v) is 12.5. The minimum atomic E-state index is 0.599. The first kappa shape index (κ1) is 15.0. The number of likely N-dealkylation sites (tertiary alicyclic amines) is 1. The van der Waals surface area contributed by atoms with Gasteiger partial charge in [-0.1, -0.05) is 34.6 Å². The van der Waals surface area contributed by atoms with Crippen LogP contribution in [0.2, 0.25) is 0 Å². The fourth-order valence-electron chi connectivity index (χ4n) is 2.76. The average Bonchev–Trinajstić information content (AvgIpc) is 2.43. The first-order chi connectivity index (χ1) is 8.00. The Morgan fingerprint density at radius 3 is 2.41 bits per heavy atom. The molecule has 0 amide bonds. The van der Waals surface area contributed by atoms with E-state index in [-0.39, 0.29) is 0 Å². The lowest BCUT2D eigenvalue weighted by Gasteiger charge is -2.34. The normalized spacial score (nSPS) is 25.2. The van der Waals surface area contributed by atoms with Crippen LogP contribution in [-0.2, 0) is 0 Å². The highest BCUT2D eigenvalue weighted by Gasteiger charge is 2.23. The summed E-state index contributed by atoms with van der Waals surface area (Å²) in [5.74, 6) is 1.67. The van der Waals surface area contributed by atoms with Gasteiger partial charge in [0.05, 0.1) is 0 Å². The smallest absolute Gasteiger partial charge is 0.0243 e. The van der Waals surface area contributed by atoms with Gasteiger partial charge in [0, 0.05) is 18.6 Å². The molecule has 0 aliphatic carbocycles. The summed E-state index contributed by atoms with van der Waals surface area (Å²) in [6.45, 7) is 15.3. The van der Waals surface area contributed by atoms with Gasteiger partial charge in [-0.15, -0.1) is 0 Å². The highest BCUT2D eigenvalue weighted by molar-refractivity contribution is 4.80. The van der Waals surface area contributed by atoms with Crippen LogP contribution >= 0.6 is 0 Å². The third-order valence-electron chi connectivity index (χ3n) is 4.03. The van der Waals surface area contributed by atoms with E-state index in [0.717, 1.165) is 18.4 Å². The third kappa shape index (κ3) is 5.39. The van der Waals surface area contributed by atoms with Crippen molar-refractivity contribution in [3.05, 3.63) is 0 Å². The fraction of sp³-hybridized carbons (Fsp3) is 1.00. The van der Waals surface area contributed by atoms with Gasteiger partial charge in [0.15, 0.2) is 0 Å². The van der Waals surface area contributed by atoms with Crippen LogP contribution in [0.3, 0.4) is 0 Å². The molecule has 2 heteroatoms. The number of rotatable bonds is 5. The van der Waals surface area contributed by atoms with Crippen LogP contribution in [0, 0.1) is 11.8 Å². The number of nitrogens with one attached hydrogen (secondary N) is 1. The molecule has 0 aromatic heterocycles. The van der Waals surface area contributed by atoms with Crippen molar-refractivity contribution in [1.29, 1.82) is 0 Å². The van der Waals surface area contributed by atoms with E-state index in [1.165, 1.54) is 32.4 Å². The van der Waals surface area contributed by atoms with E-state index in [4.69, 9.17) is 0 Å². The van der Waals surface area contributed by atoms with Gasteiger partial charge < -0.3 is 5.32 Å². The van der Waals surface area contributed by atoms with Crippen molar-refractivity contribution in [1.82, 2.24) is 10.2 Å². The molecule has 0 spiro atoms. The highest BCUT2D eigenvalue weighted by atomic mass is 15.2. The van der Waals surface area contributed by atoms with Crippen molar-refractivity contribution in [2.24, 2.45) is 11.8 Å². The number of nitrogens with zero attached hydrogens (tertiary/aromatic N) is 1. The maximum atomic E-state index is 3.61. The Morgan fingerprint density at radius 1 is 1.12 bits per heavy atom. The summed E-state index contributed by atoms with van der Waals surface area (Å²) >= 11 is 0. The van der Waals surface area contributed by atoms with Crippen LogP contribution in [-0.4, -0.2) is 36.6 Å². The Morgan fingerprint density at radius 2 is 1.82 bits per heavy atom. The summed E-state index contributed by atoms with van der Waals surface area (Å²) in [7, 11) is 0. The zero-order valence-electron chi connectivity index (χ0n) is 12.5. The van der Waals surface area contributed by atoms with Gasteiger partial charge in [-0.3, -0.25) is 4.90 Å². The quantitative estimate of drug-likeness (QED) is 0.794. The van der Waals surface area contributed by atoms with Gasteiger partial charge in [-0.25, -0.2) is 0 Å². The molecular formula is C15H32N2. The van der Waals surface area contributed by atoms with Gasteiger partial charge in [-0.2, -0.15) is 0 Å². The summed E-state index contributed by atoms with van der Waals surface area (Å²) in [6, 6.07) is 1.31. The van der Waals surface area contributed by atoms with Crippen LogP contribution in [0.5, 0.6) is 0 Å². The van der Waals surface area contributed by atoms with E-state index in [1.54, 1.807) is 0 Å². The summed E-state index contributed by atoms with van der Waals surface area (Å²) in [5.41, 5.74) is 0. The molecule has 1 rings (SSSR count). The van der Waals surface area contributed by atoms with Crippen molar-refractivity contribution >= 4 is 0 Å². The van der Waals surface area contributed by atoms with E-state index in [1.807, 2.05) is 0 Å². The van der Waals surface area contributed by atoms with Crippen LogP contribution < -0.4 is 5.32 Å². The van der Waals surface area contributed by atoms with Gasteiger partial charge >= 0.3 is 0 Å². The monoisotopic (exact) mass is 240 g/mol. The summed E-state index contributed by atoms with van der Waals surface area (Å²) in [6.07, 6.45) is 4.18. The molecule has 1 saturated heterocycles. The maximum Gasteiger partial charge on any atom is 0.0243 e. The molecule has 1 aliphatic heterocycles. The topological polar surface area (TPSA) is 15.3 Å². The van der Waals surface area contributed by atoms with Crippen LogP contribution in [0.25, 0.3) is 0 Å². The lowest BCUT2D eigenvalue weighted by Crippen LogP contribution is -2.47. The van der Waals surface area contributed by atoms with Crippen molar-refractivity contribution < 1.29 is 0 Å². The Hall–Kier alpha value is -0.0800. The highest BCUT2D eigenvalue weighted by Crippen LogP contribution is 2.20. The lowest BCUT2D eigenvalue weighted by atomic mass is 10.0. The molecule has 2 atom stereocenters. The van der Waals surface area contributed by atoms with E-state index in [2.05, 4.69) is 44.8 Å². The molecule has 1 fully saturated rings. The van der Waals surface area contributed by atoms with Crippen molar-refractivity contribution in [3.8, 4) is 0 Å². The standard InChI is InChI=1S/C15H32N2/c1-12(2)15(11-16-13(3)4)17-9-6-7-14(5)8-10-17/h12-16H,6-11H2,1-5H3. The van der Waals surface area contributed by atoms with Gasteiger partial charge in [0.2, 0.25) is 0 Å². The Labute approximate surface area is 108 Å². The molecule has 0 aromatic carbocycles. The fourth-order valence-corrected chi connectivity index (χ4v) is 2.76. The summed E-state index contributed by atoms with van der Waals surface area (Å²) in [4.78, 5) is 2.73. The van der Waals surface area contributed by atoms with Crippen molar-refractivity contribution in [2.75, 3.05) is 19.6 Å². The first-order valence-electron chi connectivity index (χ1n) is 7.48. The number of hydrogen-bond acceptors (Lipinski definition) is 2. The predicted octanol–water partition coefficient (Wildman–Crippen LogP) is 3.13. The number of hydrogen-bond donors (Lipinski definition) is 1. The lowest BCUT2D eigenvalue weighted by molar-refractivity contribution is 0.153. The molecule has 0 radical (unpaired) electrons. The van der Waals surface area contributed by atoms with Crippen LogP contribution in [0.15, 0.2) is 0 Å².